The van der Waals surface area contributed by atoms with Crippen LogP contribution in [0.5, 0.6) is 0 Å². The molecule has 1 aromatic carbocycles. The fourth-order valence-electron chi connectivity index (χ4n) is 2.36. The van der Waals surface area contributed by atoms with Crippen molar-refractivity contribution in [3.63, 3.8) is 0 Å². The van der Waals surface area contributed by atoms with Gasteiger partial charge in [-0.1, -0.05) is 12.8 Å². The quantitative estimate of drug-likeness (QED) is 0.668. The predicted molar refractivity (Wildman–Crippen MR) is 81.5 cm³/mol. The molecule has 1 fully saturated rings. The lowest BCUT2D eigenvalue weighted by atomic mass is 9.93. The number of carboxylic acid groups (broad SMARTS) is 1. The van der Waals surface area contributed by atoms with Crippen LogP contribution in [0.25, 0.3) is 0 Å². The number of aliphatic hydroxyl groups is 1. The summed E-state index contributed by atoms with van der Waals surface area (Å²) in [5.41, 5.74) is 0.462. The highest BCUT2D eigenvalue weighted by atomic mass is 79.9. The van der Waals surface area contributed by atoms with Crippen LogP contribution in [0.3, 0.4) is 0 Å². The molecule has 6 nitrogen and oxygen atoms in total. The Bertz CT molecular complexity index is 550. The van der Waals surface area contributed by atoms with E-state index >= 15 is 0 Å². The molecule has 0 spiro atoms. The van der Waals surface area contributed by atoms with Crippen molar-refractivity contribution in [3.8, 4) is 0 Å². The Balaban J connectivity index is 2.02. The number of aromatic carboxylic acids is 1. The van der Waals surface area contributed by atoms with Crippen LogP contribution in [0, 0.1) is 0 Å². The van der Waals surface area contributed by atoms with Gasteiger partial charge in [-0.15, -0.1) is 0 Å². The van der Waals surface area contributed by atoms with Crippen molar-refractivity contribution >= 4 is 33.6 Å². The lowest BCUT2D eigenvalue weighted by Crippen LogP contribution is -2.46. The van der Waals surface area contributed by atoms with E-state index in [0.29, 0.717) is 16.6 Å². The molecule has 1 aliphatic rings. The number of hydrogen-bond acceptors (Lipinski definition) is 3. The maximum absolute atomic E-state index is 12.0. The van der Waals surface area contributed by atoms with E-state index in [0.717, 1.165) is 19.3 Å². The van der Waals surface area contributed by atoms with E-state index in [2.05, 4.69) is 26.6 Å². The number of benzene rings is 1. The van der Waals surface area contributed by atoms with Gasteiger partial charge in [0.2, 0.25) is 0 Å². The summed E-state index contributed by atoms with van der Waals surface area (Å²) in [4.78, 5) is 22.9. The predicted octanol–water partition coefficient (Wildman–Crippen LogP) is 2.57. The summed E-state index contributed by atoms with van der Waals surface area (Å²) in [7, 11) is 0. The van der Waals surface area contributed by atoms with Gasteiger partial charge in [0.05, 0.1) is 23.4 Å². The molecule has 0 radical (unpaired) electrons. The largest absolute Gasteiger partial charge is 0.478 e. The Morgan fingerprint density at radius 1 is 1.24 bits per heavy atom. The van der Waals surface area contributed by atoms with Crippen molar-refractivity contribution < 1.29 is 19.8 Å². The Morgan fingerprint density at radius 2 is 1.95 bits per heavy atom. The van der Waals surface area contributed by atoms with Crippen LogP contribution in [0.4, 0.5) is 10.5 Å². The van der Waals surface area contributed by atoms with E-state index in [-0.39, 0.29) is 11.6 Å². The van der Waals surface area contributed by atoms with Gasteiger partial charge in [0.25, 0.3) is 0 Å². The van der Waals surface area contributed by atoms with Crippen molar-refractivity contribution in [2.24, 2.45) is 0 Å². The van der Waals surface area contributed by atoms with Gasteiger partial charge in [0.1, 0.15) is 0 Å². The topological polar surface area (TPSA) is 98.7 Å². The molecule has 1 aliphatic carbocycles. The standard InChI is InChI=1S/C14H17BrN2O4/c15-9-6-5-8(13(19)20)7-11(9)17-14(21)16-10-3-1-2-4-12(10)18/h5-7,10,12,18H,1-4H2,(H,19,20)(H2,16,17,21). The minimum atomic E-state index is -1.06. The van der Waals surface area contributed by atoms with Gasteiger partial charge in [-0.05, 0) is 47.0 Å². The Kier molecular flexibility index (Phi) is 5.19. The molecule has 0 saturated heterocycles. The number of carboxylic acids is 1. The zero-order chi connectivity index (χ0) is 15.4. The molecular formula is C14H17BrN2O4. The molecule has 2 unspecified atom stereocenters. The second kappa shape index (κ2) is 6.91. The molecule has 0 aromatic heterocycles. The highest BCUT2D eigenvalue weighted by Gasteiger charge is 2.24. The Labute approximate surface area is 130 Å². The maximum Gasteiger partial charge on any atom is 0.335 e. The number of amides is 2. The van der Waals surface area contributed by atoms with E-state index in [1.54, 1.807) is 6.07 Å². The third kappa shape index (κ3) is 4.18. The minimum Gasteiger partial charge on any atom is -0.478 e. The van der Waals surface area contributed by atoms with Gasteiger partial charge in [-0.2, -0.15) is 0 Å². The average molecular weight is 357 g/mol. The molecule has 2 rings (SSSR count). The van der Waals surface area contributed by atoms with Gasteiger partial charge in [0.15, 0.2) is 0 Å². The zero-order valence-corrected chi connectivity index (χ0v) is 12.9. The Morgan fingerprint density at radius 3 is 2.62 bits per heavy atom. The molecule has 0 bridgehead atoms. The summed E-state index contributed by atoms with van der Waals surface area (Å²) < 4.78 is 0.590. The monoisotopic (exact) mass is 356 g/mol. The zero-order valence-electron chi connectivity index (χ0n) is 11.3. The molecule has 2 amide bonds. The molecule has 0 heterocycles. The van der Waals surface area contributed by atoms with Crippen LogP contribution in [0.2, 0.25) is 0 Å². The van der Waals surface area contributed by atoms with Crippen LogP contribution >= 0.6 is 15.9 Å². The van der Waals surface area contributed by atoms with Crippen molar-refractivity contribution in [1.82, 2.24) is 5.32 Å². The molecule has 4 N–H and O–H groups in total. The molecule has 1 aromatic rings. The van der Waals surface area contributed by atoms with Crippen LogP contribution in [-0.4, -0.2) is 34.4 Å². The summed E-state index contributed by atoms with van der Waals surface area (Å²) >= 11 is 3.26. The van der Waals surface area contributed by atoms with Crippen molar-refractivity contribution in [2.45, 2.75) is 37.8 Å². The lowest BCUT2D eigenvalue weighted by molar-refractivity contribution is 0.0697. The SMILES string of the molecule is O=C(Nc1cc(C(=O)O)ccc1Br)NC1CCCCC1O. The summed E-state index contributed by atoms with van der Waals surface area (Å²) in [5.74, 6) is -1.06. The normalized spacial score (nSPS) is 21.6. The number of carbonyl (C=O) groups excluding carboxylic acids is 1. The third-order valence-corrected chi connectivity index (χ3v) is 4.20. The first-order valence-corrected chi connectivity index (χ1v) is 7.55. The smallest absolute Gasteiger partial charge is 0.335 e. The van der Waals surface area contributed by atoms with E-state index in [1.807, 2.05) is 0 Å². The third-order valence-electron chi connectivity index (χ3n) is 3.51. The molecule has 0 aliphatic heterocycles. The van der Waals surface area contributed by atoms with Gasteiger partial charge in [-0.25, -0.2) is 9.59 Å². The first-order chi connectivity index (χ1) is 9.97. The summed E-state index contributed by atoms with van der Waals surface area (Å²) in [6, 6.07) is 3.67. The molecule has 1 saturated carbocycles. The van der Waals surface area contributed by atoms with E-state index in [1.165, 1.54) is 12.1 Å². The summed E-state index contributed by atoms with van der Waals surface area (Å²) in [5, 5.41) is 24.1. The number of urea groups is 1. The van der Waals surface area contributed by atoms with Crippen molar-refractivity contribution in [2.75, 3.05) is 5.32 Å². The van der Waals surface area contributed by atoms with Crippen LogP contribution in [0.15, 0.2) is 22.7 Å². The van der Waals surface area contributed by atoms with E-state index < -0.39 is 18.1 Å². The van der Waals surface area contributed by atoms with Gasteiger partial charge < -0.3 is 20.8 Å². The maximum atomic E-state index is 12.0. The number of aliphatic hydroxyl groups excluding tert-OH is 1. The highest BCUT2D eigenvalue weighted by Crippen LogP contribution is 2.24. The molecule has 114 valence electrons. The second-order valence-corrected chi connectivity index (χ2v) is 5.91. The Hall–Kier alpha value is -1.60. The number of halogens is 1. The fraction of sp³-hybridized carbons (Fsp3) is 0.429. The first-order valence-electron chi connectivity index (χ1n) is 6.76. The number of rotatable bonds is 3. The second-order valence-electron chi connectivity index (χ2n) is 5.06. The van der Waals surface area contributed by atoms with Gasteiger partial charge in [-0.3, -0.25) is 0 Å². The summed E-state index contributed by atoms with van der Waals surface area (Å²) in [6.07, 6.45) is 2.83. The highest BCUT2D eigenvalue weighted by molar-refractivity contribution is 9.10. The average Bonchev–Trinajstić information content (AvgIpc) is 2.43. The number of carbonyl (C=O) groups is 2. The van der Waals surface area contributed by atoms with Gasteiger partial charge in [0, 0.05) is 4.47 Å². The van der Waals surface area contributed by atoms with Crippen molar-refractivity contribution in [1.29, 1.82) is 0 Å². The first kappa shape index (κ1) is 15.8. The van der Waals surface area contributed by atoms with Crippen LogP contribution < -0.4 is 10.6 Å². The number of hydrogen-bond donors (Lipinski definition) is 4. The number of anilines is 1. The minimum absolute atomic E-state index is 0.0891. The van der Waals surface area contributed by atoms with Crippen molar-refractivity contribution in [3.05, 3.63) is 28.2 Å². The summed E-state index contributed by atoms with van der Waals surface area (Å²) in [6.45, 7) is 0. The van der Waals surface area contributed by atoms with E-state index in [4.69, 9.17) is 5.11 Å². The molecule has 21 heavy (non-hydrogen) atoms. The van der Waals surface area contributed by atoms with Crippen LogP contribution in [-0.2, 0) is 0 Å². The fourth-order valence-corrected chi connectivity index (χ4v) is 2.71. The number of nitrogens with one attached hydrogen (secondary N) is 2. The van der Waals surface area contributed by atoms with Crippen LogP contribution in [0.1, 0.15) is 36.0 Å². The van der Waals surface area contributed by atoms with E-state index in [9.17, 15) is 14.7 Å². The molecule has 2 atom stereocenters. The molecule has 7 heteroatoms. The lowest BCUT2D eigenvalue weighted by Gasteiger charge is -2.28. The van der Waals surface area contributed by atoms with Gasteiger partial charge >= 0.3 is 12.0 Å². The molecular weight excluding hydrogens is 340 g/mol.